The van der Waals surface area contributed by atoms with Crippen LogP contribution in [-0.4, -0.2) is 44.1 Å². The van der Waals surface area contributed by atoms with Crippen molar-refractivity contribution < 1.29 is 14.3 Å². The zero-order valence-electron chi connectivity index (χ0n) is 13.8. The molecule has 1 amide bonds. The largest absolute Gasteiger partial charge is 0.450 e. The maximum absolute atomic E-state index is 12.0. The number of hydrogen-bond acceptors (Lipinski definition) is 6. The van der Waals surface area contributed by atoms with Crippen LogP contribution in [0.25, 0.3) is 5.78 Å². The fourth-order valence-electron chi connectivity index (χ4n) is 2.27. The zero-order valence-corrected chi connectivity index (χ0v) is 13.8. The van der Waals surface area contributed by atoms with Crippen LogP contribution in [0.3, 0.4) is 0 Å². The molecule has 2 aromatic heterocycles. The molecule has 2 rings (SSSR count). The third kappa shape index (κ3) is 4.24. The topological polar surface area (TPSA) is 98.5 Å². The Labute approximate surface area is 134 Å². The van der Waals surface area contributed by atoms with Crippen molar-refractivity contribution in [1.29, 1.82) is 0 Å². The van der Waals surface area contributed by atoms with Crippen molar-refractivity contribution in [2.75, 3.05) is 6.61 Å². The fraction of sp³-hybridized carbons (Fsp3) is 0.533. The Hall–Kier alpha value is -2.51. The van der Waals surface area contributed by atoms with Crippen LogP contribution >= 0.6 is 0 Å². The monoisotopic (exact) mass is 319 g/mol. The van der Waals surface area contributed by atoms with E-state index in [1.54, 1.807) is 0 Å². The molecular formula is C15H21N5O3. The van der Waals surface area contributed by atoms with E-state index in [0.29, 0.717) is 5.78 Å². The molecule has 0 saturated carbocycles. The minimum absolute atomic E-state index is 0.0503. The Kier molecular flexibility index (Phi) is 5.25. The van der Waals surface area contributed by atoms with Crippen LogP contribution in [0, 0.1) is 13.8 Å². The van der Waals surface area contributed by atoms with Crippen LogP contribution in [0.5, 0.6) is 0 Å². The molecule has 0 aromatic carbocycles. The van der Waals surface area contributed by atoms with Gasteiger partial charge in [0.25, 0.3) is 17.5 Å². The first-order valence-corrected chi connectivity index (χ1v) is 7.58. The average Bonchev–Trinajstić information content (AvgIpc) is 2.89. The minimum Gasteiger partial charge on any atom is -0.450 e. The number of nitrogens with one attached hydrogen (secondary N) is 1. The molecule has 2 aromatic rings. The maximum Gasteiger partial charge on any atom is 0.378 e. The van der Waals surface area contributed by atoms with Gasteiger partial charge in [-0.2, -0.15) is 4.98 Å². The van der Waals surface area contributed by atoms with E-state index in [0.717, 1.165) is 24.2 Å². The summed E-state index contributed by atoms with van der Waals surface area (Å²) in [6.07, 6.45) is 1.84. The first-order valence-electron chi connectivity index (χ1n) is 7.58. The molecule has 0 bridgehead atoms. The molecule has 8 heteroatoms. The quantitative estimate of drug-likeness (QED) is 0.803. The average molecular weight is 319 g/mol. The SMILES string of the molecule is CCC[C@@H](C)NC(=O)COC(=O)c1nc2nc(C)cc(C)n2n1. The van der Waals surface area contributed by atoms with Gasteiger partial charge in [-0.1, -0.05) is 13.3 Å². The van der Waals surface area contributed by atoms with Crippen molar-refractivity contribution in [2.24, 2.45) is 0 Å². The Morgan fingerprint density at radius 1 is 1.35 bits per heavy atom. The van der Waals surface area contributed by atoms with Gasteiger partial charge in [-0.25, -0.2) is 14.3 Å². The van der Waals surface area contributed by atoms with Gasteiger partial charge in [0.05, 0.1) is 0 Å². The van der Waals surface area contributed by atoms with Crippen LogP contribution in [0.1, 0.15) is 48.7 Å². The Bertz CT molecular complexity index is 725. The lowest BCUT2D eigenvalue weighted by Crippen LogP contribution is -2.35. The lowest BCUT2D eigenvalue weighted by atomic mass is 10.2. The van der Waals surface area contributed by atoms with Gasteiger partial charge in [-0.3, -0.25) is 4.79 Å². The summed E-state index contributed by atoms with van der Waals surface area (Å²) in [5, 5.41) is 6.81. The summed E-state index contributed by atoms with van der Waals surface area (Å²) in [4.78, 5) is 31.9. The molecule has 124 valence electrons. The Balaban J connectivity index is 1.98. The Morgan fingerprint density at radius 3 is 2.78 bits per heavy atom. The van der Waals surface area contributed by atoms with Crippen LogP contribution < -0.4 is 5.32 Å². The van der Waals surface area contributed by atoms with E-state index in [2.05, 4.69) is 20.4 Å². The van der Waals surface area contributed by atoms with E-state index in [1.807, 2.05) is 33.8 Å². The van der Waals surface area contributed by atoms with Gasteiger partial charge in [0.1, 0.15) is 0 Å². The number of aromatic nitrogens is 4. The summed E-state index contributed by atoms with van der Waals surface area (Å²) in [5.41, 5.74) is 1.59. The third-order valence-corrected chi connectivity index (χ3v) is 3.26. The second kappa shape index (κ2) is 7.17. The molecule has 0 spiro atoms. The van der Waals surface area contributed by atoms with Crippen molar-refractivity contribution >= 4 is 17.7 Å². The summed E-state index contributed by atoms with van der Waals surface area (Å²) >= 11 is 0. The predicted octanol–water partition coefficient (Wildman–Crippen LogP) is 1.20. The predicted molar refractivity (Wildman–Crippen MR) is 83.1 cm³/mol. The highest BCUT2D eigenvalue weighted by atomic mass is 16.5. The summed E-state index contributed by atoms with van der Waals surface area (Å²) < 4.78 is 6.42. The van der Waals surface area contributed by atoms with Gasteiger partial charge in [-0.15, -0.1) is 5.10 Å². The molecule has 0 aliphatic rings. The second-order valence-electron chi connectivity index (χ2n) is 5.52. The fourth-order valence-corrected chi connectivity index (χ4v) is 2.27. The molecule has 0 aliphatic carbocycles. The molecule has 2 heterocycles. The number of esters is 1. The van der Waals surface area contributed by atoms with E-state index in [-0.39, 0.29) is 24.4 Å². The van der Waals surface area contributed by atoms with Crippen LogP contribution in [0.15, 0.2) is 6.07 Å². The van der Waals surface area contributed by atoms with E-state index in [9.17, 15) is 9.59 Å². The second-order valence-corrected chi connectivity index (χ2v) is 5.52. The summed E-state index contributed by atoms with van der Waals surface area (Å²) in [5.74, 6) is -0.866. The smallest absolute Gasteiger partial charge is 0.378 e. The number of carbonyl (C=O) groups is 2. The molecule has 1 atom stereocenters. The highest BCUT2D eigenvalue weighted by Gasteiger charge is 2.18. The molecule has 0 saturated heterocycles. The first-order chi connectivity index (χ1) is 10.9. The standard InChI is InChI=1S/C15H21N5O3/c1-5-6-9(2)16-12(21)8-23-14(22)13-18-15-17-10(3)7-11(4)20(15)19-13/h7,9H,5-6,8H2,1-4H3,(H,16,21)/t9-/m1/s1. The van der Waals surface area contributed by atoms with Crippen molar-refractivity contribution in [1.82, 2.24) is 24.9 Å². The highest BCUT2D eigenvalue weighted by molar-refractivity contribution is 5.88. The molecule has 1 N–H and O–H groups in total. The molecule has 8 nitrogen and oxygen atoms in total. The van der Waals surface area contributed by atoms with E-state index in [4.69, 9.17) is 4.74 Å². The summed E-state index contributed by atoms with van der Waals surface area (Å²) in [7, 11) is 0. The van der Waals surface area contributed by atoms with E-state index < -0.39 is 5.97 Å². The van der Waals surface area contributed by atoms with Crippen molar-refractivity contribution in [3.8, 4) is 0 Å². The number of amides is 1. The van der Waals surface area contributed by atoms with Crippen LogP contribution in [-0.2, 0) is 9.53 Å². The van der Waals surface area contributed by atoms with Crippen molar-refractivity contribution in [3.05, 3.63) is 23.3 Å². The molecular weight excluding hydrogens is 298 g/mol. The number of fused-ring (bicyclic) bond motifs is 1. The molecule has 23 heavy (non-hydrogen) atoms. The van der Waals surface area contributed by atoms with Gasteiger partial charge in [0.2, 0.25) is 0 Å². The minimum atomic E-state index is -0.745. The van der Waals surface area contributed by atoms with Crippen molar-refractivity contribution in [2.45, 2.75) is 46.6 Å². The number of hydrogen-bond donors (Lipinski definition) is 1. The molecule has 0 aliphatic heterocycles. The maximum atomic E-state index is 12.0. The summed E-state index contributed by atoms with van der Waals surface area (Å²) in [6.45, 7) is 7.27. The van der Waals surface area contributed by atoms with Crippen LogP contribution in [0.4, 0.5) is 0 Å². The van der Waals surface area contributed by atoms with Gasteiger partial charge in [-0.05, 0) is 33.3 Å². The lowest BCUT2D eigenvalue weighted by molar-refractivity contribution is -0.124. The number of rotatable bonds is 6. The number of nitrogens with zero attached hydrogens (tertiary/aromatic N) is 4. The van der Waals surface area contributed by atoms with Gasteiger partial charge < -0.3 is 10.1 Å². The number of aryl methyl sites for hydroxylation is 2. The van der Waals surface area contributed by atoms with Gasteiger partial charge in [0, 0.05) is 17.4 Å². The number of carbonyl (C=O) groups excluding carboxylic acids is 2. The zero-order chi connectivity index (χ0) is 17.0. The molecule has 0 radical (unpaired) electrons. The van der Waals surface area contributed by atoms with Crippen LogP contribution in [0.2, 0.25) is 0 Å². The number of ether oxygens (including phenoxy) is 1. The molecule has 0 unspecified atom stereocenters. The normalized spacial score (nSPS) is 12.2. The first kappa shape index (κ1) is 16.9. The Morgan fingerprint density at radius 2 is 2.09 bits per heavy atom. The van der Waals surface area contributed by atoms with E-state index in [1.165, 1.54) is 4.52 Å². The summed E-state index contributed by atoms with van der Waals surface area (Å²) in [6, 6.07) is 1.88. The molecule has 0 fully saturated rings. The van der Waals surface area contributed by atoms with E-state index >= 15 is 0 Å². The van der Waals surface area contributed by atoms with Gasteiger partial charge >= 0.3 is 5.97 Å². The van der Waals surface area contributed by atoms with Gasteiger partial charge in [0.15, 0.2) is 6.61 Å². The van der Waals surface area contributed by atoms with Crippen molar-refractivity contribution in [3.63, 3.8) is 0 Å². The highest BCUT2D eigenvalue weighted by Crippen LogP contribution is 2.06. The lowest BCUT2D eigenvalue weighted by Gasteiger charge is -2.12. The third-order valence-electron chi connectivity index (χ3n) is 3.26.